The minimum Gasteiger partial charge on any atom is -0.377 e. The molecule has 0 spiro atoms. The molecular formula is C9H9BrN2. The van der Waals surface area contributed by atoms with Gasteiger partial charge in [-0.2, -0.15) is 5.26 Å². The molecule has 0 saturated heterocycles. The summed E-state index contributed by atoms with van der Waals surface area (Å²) in [5, 5.41) is 8.84. The van der Waals surface area contributed by atoms with Gasteiger partial charge in [0.2, 0.25) is 0 Å². The van der Waals surface area contributed by atoms with Crippen LogP contribution in [-0.4, -0.2) is 14.1 Å². The third kappa shape index (κ3) is 1.59. The van der Waals surface area contributed by atoms with Crippen LogP contribution < -0.4 is 4.90 Å². The normalized spacial score (nSPS) is 9.17. The molecule has 0 atom stereocenters. The van der Waals surface area contributed by atoms with Gasteiger partial charge < -0.3 is 4.90 Å². The van der Waals surface area contributed by atoms with Gasteiger partial charge in [-0.3, -0.25) is 0 Å². The fraction of sp³-hybridized carbons (Fsp3) is 0.222. The molecule has 1 aromatic rings. The minimum absolute atomic E-state index is 0.683. The molecule has 0 amide bonds. The summed E-state index contributed by atoms with van der Waals surface area (Å²) in [5.74, 6) is 0. The summed E-state index contributed by atoms with van der Waals surface area (Å²) in [6.07, 6.45) is 0. The molecule has 3 heteroatoms. The second kappa shape index (κ2) is 3.59. The van der Waals surface area contributed by atoms with Gasteiger partial charge in [0.05, 0.1) is 11.3 Å². The molecule has 0 saturated carbocycles. The smallest absolute Gasteiger partial charge is 0.103 e. The molecule has 0 aliphatic carbocycles. The molecule has 0 aliphatic heterocycles. The maximum absolute atomic E-state index is 8.84. The zero-order valence-electron chi connectivity index (χ0n) is 7.00. The molecule has 0 N–H and O–H groups in total. The molecule has 2 nitrogen and oxygen atoms in total. The van der Waals surface area contributed by atoms with Crippen molar-refractivity contribution in [1.82, 2.24) is 0 Å². The van der Waals surface area contributed by atoms with Gasteiger partial charge in [-0.05, 0) is 28.1 Å². The van der Waals surface area contributed by atoms with Crippen molar-refractivity contribution < 1.29 is 0 Å². The van der Waals surface area contributed by atoms with Crippen LogP contribution in [0.4, 0.5) is 5.69 Å². The van der Waals surface area contributed by atoms with Gasteiger partial charge in [-0.1, -0.05) is 6.07 Å². The zero-order valence-corrected chi connectivity index (χ0v) is 8.59. The van der Waals surface area contributed by atoms with E-state index in [1.54, 1.807) is 0 Å². The summed E-state index contributed by atoms with van der Waals surface area (Å²) in [6, 6.07) is 7.86. The van der Waals surface area contributed by atoms with Crippen molar-refractivity contribution in [1.29, 1.82) is 5.26 Å². The lowest BCUT2D eigenvalue weighted by atomic mass is 10.2. The average molecular weight is 225 g/mol. The molecule has 0 fully saturated rings. The number of benzene rings is 1. The molecule has 0 radical (unpaired) electrons. The highest BCUT2D eigenvalue weighted by Gasteiger charge is 2.06. The lowest BCUT2D eigenvalue weighted by Gasteiger charge is -2.14. The summed E-state index contributed by atoms with van der Waals surface area (Å²) in [7, 11) is 3.84. The van der Waals surface area contributed by atoms with Crippen molar-refractivity contribution in [3.8, 4) is 6.07 Å². The Kier molecular flexibility index (Phi) is 2.72. The standard InChI is InChI=1S/C9H9BrN2/c1-12(2)9-5-3-4-8(10)7(9)6-11/h3-5H,1-2H3. The SMILES string of the molecule is CN(C)c1cccc(Br)c1C#N. The molecule has 0 aliphatic rings. The van der Waals surface area contributed by atoms with E-state index in [-0.39, 0.29) is 0 Å². The summed E-state index contributed by atoms with van der Waals surface area (Å²) in [6.45, 7) is 0. The Labute approximate surface area is 80.5 Å². The number of nitriles is 1. The van der Waals surface area contributed by atoms with E-state index in [4.69, 9.17) is 5.26 Å². The highest BCUT2D eigenvalue weighted by atomic mass is 79.9. The van der Waals surface area contributed by atoms with Crippen LogP contribution in [0.3, 0.4) is 0 Å². The molecular weight excluding hydrogens is 216 g/mol. The van der Waals surface area contributed by atoms with Crippen LogP contribution in [-0.2, 0) is 0 Å². The van der Waals surface area contributed by atoms with Crippen LogP contribution in [0.25, 0.3) is 0 Å². The first-order valence-electron chi connectivity index (χ1n) is 3.52. The number of anilines is 1. The molecule has 0 unspecified atom stereocenters. The largest absolute Gasteiger partial charge is 0.377 e. The predicted octanol–water partition coefficient (Wildman–Crippen LogP) is 2.39. The quantitative estimate of drug-likeness (QED) is 0.733. The van der Waals surface area contributed by atoms with Crippen molar-refractivity contribution in [2.75, 3.05) is 19.0 Å². The highest BCUT2D eigenvalue weighted by molar-refractivity contribution is 9.10. The lowest BCUT2D eigenvalue weighted by molar-refractivity contribution is 1.12. The van der Waals surface area contributed by atoms with Crippen LogP contribution >= 0.6 is 15.9 Å². The first kappa shape index (κ1) is 9.08. The molecule has 0 bridgehead atoms. The topological polar surface area (TPSA) is 27.0 Å². The number of halogens is 1. The number of rotatable bonds is 1. The van der Waals surface area contributed by atoms with Gasteiger partial charge in [0.1, 0.15) is 6.07 Å². The predicted molar refractivity (Wildman–Crippen MR) is 53.2 cm³/mol. The number of nitrogens with zero attached hydrogens (tertiary/aromatic N) is 2. The Balaban J connectivity index is 3.30. The maximum Gasteiger partial charge on any atom is 0.103 e. The second-order valence-electron chi connectivity index (χ2n) is 2.64. The van der Waals surface area contributed by atoms with Gasteiger partial charge in [0, 0.05) is 18.6 Å². The third-order valence-corrected chi connectivity index (χ3v) is 2.25. The Bertz CT molecular complexity index is 326. The van der Waals surface area contributed by atoms with E-state index >= 15 is 0 Å². The van der Waals surface area contributed by atoms with Crippen molar-refractivity contribution in [2.24, 2.45) is 0 Å². The van der Waals surface area contributed by atoms with E-state index in [9.17, 15) is 0 Å². The Morgan fingerprint density at radius 2 is 2.08 bits per heavy atom. The van der Waals surface area contributed by atoms with Gasteiger partial charge in [-0.15, -0.1) is 0 Å². The van der Waals surface area contributed by atoms with Gasteiger partial charge in [-0.25, -0.2) is 0 Å². The molecule has 1 rings (SSSR count). The first-order chi connectivity index (χ1) is 5.66. The fourth-order valence-electron chi connectivity index (χ4n) is 0.996. The van der Waals surface area contributed by atoms with E-state index in [1.165, 1.54) is 0 Å². The van der Waals surface area contributed by atoms with Gasteiger partial charge in [0.15, 0.2) is 0 Å². The molecule has 62 valence electrons. The van der Waals surface area contributed by atoms with Crippen LogP contribution in [0.5, 0.6) is 0 Å². The Morgan fingerprint density at radius 1 is 1.42 bits per heavy atom. The monoisotopic (exact) mass is 224 g/mol. The van der Waals surface area contributed by atoms with Gasteiger partial charge in [0.25, 0.3) is 0 Å². The summed E-state index contributed by atoms with van der Waals surface area (Å²) in [4.78, 5) is 1.92. The minimum atomic E-state index is 0.683. The summed E-state index contributed by atoms with van der Waals surface area (Å²) in [5.41, 5.74) is 1.62. The number of hydrogen-bond acceptors (Lipinski definition) is 2. The first-order valence-corrected chi connectivity index (χ1v) is 4.32. The molecule has 0 heterocycles. The fourth-order valence-corrected chi connectivity index (χ4v) is 1.44. The van der Waals surface area contributed by atoms with E-state index < -0.39 is 0 Å². The Hall–Kier alpha value is -1.01. The van der Waals surface area contributed by atoms with Crippen molar-refractivity contribution in [2.45, 2.75) is 0 Å². The average Bonchev–Trinajstić information content (AvgIpc) is 2.03. The van der Waals surface area contributed by atoms with Gasteiger partial charge >= 0.3 is 0 Å². The van der Waals surface area contributed by atoms with E-state index in [0.717, 1.165) is 10.2 Å². The van der Waals surface area contributed by atoms with E-state index in [1.807, 2.05) is 37.2 Å². The van der Waals surface area contributed by atoms with Crippen LogP contribution in [0.2, 0.25) is 0 Å². The molecule has 0 aromatic heterocycles. The highest BCUT2D eigenvalue weighted by Crippen LogP contribution is 2.25. The lowest BCUT2D eigenvalue weighted by Crippen LogP contribution is -2.10. The van der Waals surface area contributed by atoms with Crippen molar-refractivity contribution >= 4 is 21.6 Å². The zero-order chi connectivity index (χ0) is 9.14. The van der Waals surface area contributed by atoms with Crippen molar-refractivity contribution in [3.63, 3.8) is 0 Å². The van der Waals surface area contributed by atoms with Crippen LogP contribution in [0.15, 0.2) is 22.7 Å². The number of hydrogen-bond donors (Lipinski definition) is 0. The maximum atomic E-state index is 8.84. The van der Waals surface area contributed by atoms with Crippen LogP contribution in [0, 0.1) is 11.3 Å². The molecule has 12 heavy (non-hydrogen) atoms. The second-order valence-corrected chi connectivity index (χ2v) is 3.49. The van der Waals surface area contributed by atoms with Crippen molar-refractivity contribution in [3.05, 3.63) is 28.2 Å². The summed E-state index contributed by atoms with van der Waals surface area (Å²) < 4.78 is 0.844. The van der Waals surface area contributed by atoms with E-state index in [2.05, 4.69) is 22.0 Å². The third-order valence-electron chi connectivity index (χ3n) is 1.59. The van der Waals surface area contributed by atoms with Crippen LogP contribution in [0.1, 0.15) is 5.56 Å². The van der Waals surface area contributed by atoms with E-state index in [0.29, 0.717) is 5.56 Å². The summed E-state index contributed by atoms with van der Waals surface area (Å²) >= 11 is 3.33. The molecule has 1 aromatic carbocycles. The Morgan fingerprint density at radius 3 is 2.50 bits per heavy atom.